The van der Waals surface area contributed by atoms with Gasteiger partial charge in [-0.2, -0.15) is 0 Å². The Morgan fingerprint density at radius 3 is 2.04 bits per heavy atom. The molecule has 0 amide bonds. The van der Waals surface area contributed by atoms with Crippen LogP contribution in [0.4, 0.5) is 0 Å². The number of H-pyrrole nitrogens is 1. The van der Waals surface area contributed by atoms with Crippen molar-refractivity contribution in [1.29, 1.82) is 0 Å². The number of rotatable bonds is 7. The molecule has 1 N–H and O–H groups in total. The highest BCUT2D eigenvalue weighted by molar-refractivity contribution is 6.08. The minimum Gasteiger partial charge on any atom is -0.462 e. The highest BCUT2D eigenvalue weighted by Gasteiger charge is 2.30. The van der Waals surface area contributed by atoms with Gasteiger partial charge < -0.3 is 14.5 Å². The molecule has 5 nitrogen and oxygen atoms in total. The number of hydrogen-bond donors (Lipinski definition) is 1. The second-order valence-corrected chi connectivity index (χ2v) is 6.13. The maximum absolute atomic E-state index is 12.6. The summed E-state index contributed by atoms with van der Waals surface area (Å²) in [6, 6.07) is 9.46. The fraction of sp³-hybridized carbons (Fsp3) is 0.400. The first-order valence-electron chi connectivity index (χ1n) is 8.64. The number of aromatic nitrogens is 1. The Kier molecular flexibility index (Phi) is 6.39. The van der Waals surface area contributed by atoms with Gasteiger partial charge in [-0.3, -0.25) is 0 Å². The van der Waals surface area contributed by atoms with Crippen LogP contribution in [0.5, 0.6) is 0 Å². The number of ether oxygens (including phenoxy) is 2. The van der Waals surface area contributed by atoms with Crippen LogP contribution >= 0.6 is 0 Å². The topological polar surface area (TPSA) is 68.4 Å². The largest absolute Gasteiger partial charge is 0.462 e. The van der Waals surface area contributed by atoms with Crippen LogP contribution in [-0.2, 0) is 15.9 Å². The van der Waals surface area contributed by atoms with E-state index in [2.05, 4.69) is 18.8 Å². The van der Waals surface area contributed by atoms with Crippen LogP contribution in [0.3, 0.4) is 0 Å². The smallest absolute Gasteiger partial charge is 0.341 e. The minimum absolute atomic E-state index is 0.236. The summed E-state index contributed by atoms with van der Waals surface area (Å²) in [4.78, 5) is 28.5. The van der Waals surface area contributed by atoms with E-state index in [-0.39, 0.29) is 24.3 Å². The van der Waals surface area contributed by atoms with Gasteiger partial charge in [0.1, 0.15) is 0 Å². The first-order chi connectivity index (χ1) is 12.0. The molecule has 2 aromatic rings. The predicted octanol–water partition coefficient (Wildman–Crippen LogP) is 4.23. The summed E-state index contributed by atoms with van der Waals surface area (Å²) < 4.78 is 10.4. The van der Waals surface area contributed by atoms with Crippen molar-refractivity contribution in [2.75, 3.05) is 13.2 Å². The van der Waals surface area contributed by atoms with Gasteiger partial charge in [-0.25, -0.2) is 9.59 Å². The molecule has 0 aliphatic heterocycles. The first kappa shape index (κ1) is 18.8. The van der Waals surface area contributed by atoms with Crippen LogP contribution in [0.15, 0.2) is 30.3 Å². The molecule has 5 heteroatoms. The monoisotopic (exact) mass is 343 g/mol. The molecule has 1 aromatic carbocycles. The number of carbonyl (C=O) groups is 2. The van der Waals surface area contributed by atoms with Gasteiger partial charge in [0.25, 0.3) is 0 Å². The van der Waals surface area contributed by atoms with E-state index in [9.17, 15) is 9.59 Å². The average Bonchev–Trinajstić information content (AvgIpc) is 2.94. The summed E-state index contributed by atoms with van der Waals surface area (Å²) in [5.74, 6) is -0.708. The standard InChI is InChI=1S/C20H25NO4/c1-5-24-19(22)16-15(12-13(3)4)21-18(14-10-8-7-9-11-14)17(16)20(23)25-6-2/h7-11,13,21H,5-6,12H2,1-4H3. The number of benzene rings is 1. The van der Waals surface area contributed by atoms with E-state index in [1.165, 1.54) is 0 Å². The molecule has 0 unspecified atom stereocenters. The molecule has 0 bridgehead atoms. The molecule has 0 saturated carbocycles. The average molecular weight is 343 g/mol. The van der Waals surface area contributed by atoms with Gasteiger partial charge >= 0.3 is 11.9 Å². The Labute approximate surface area is 148 Å². The molecule has 2 rings (SSSR count). The Hall–Kier alpha value is -2.56. The molecule has 1 aromatic heterocycles. The Balaban J connectivity index is 2.69. The number of esters is 2. The van der Waals surface area contributed by atoms with Crippen molar-refractivity contribution in [2.45, 2.75) is 34.1 Å². The third-order valence-electron chi connectivity index (χ3n) is 3.71. The van der Waals surface area contributed by atoms with Crippen molar-refractivity contribution in [2.24, 2.45) is 5.92 Å². The number of aromatic amines is 1. The van der Waals surface area contributed by atoms with Gasteiger partial charge in [-0.1, -0.05) is 44.2 Å². The van der Waals surface area contributed by atoms with Gasteiger partial charge in [-0.15, -0.1) is 0 Å². The number of hydrogen-bond acceptors (Lipinski definition) is 4. The highest BCUT2D eigenvalue weighted by Crippen LogP contribution is 2.31. The quantitative estimate of drug-likeness (QED) is 0.764. The van der Waals surface area contributed by atoms with Crippen molar-refractivity contribution in [1.82, 2.24) is 4.98 Å². The van der Waals surface area contributed by atoms with Gasteiger partial charge in [-0.05, 0) is 31.7 Å². The molecular weight excluding hydrogens is 318 g/mol. The number of nitrogens with one attached hydrogen (secondary N) is 1. The summed E-state index contributed by atoms with van der Waals surface area (Å²) >= 11 is 0. The molecule has 0 atom stereocenters. The minimum atomic E-state index is -0.518. The van der Waals surface area contributed by atoms with Crippen LogP contribution in [0.25, 0.3) is 11.3 Å². The lowest BCUT2D eigenvalue weighted by atomic mass is 10.0. The number of carbonyl (C=O) groups excluding carboxylic acids is 2. The molecule has 0 fully saturated rings. The molecule has 25 heavy (non-hydrogen) atoms. The van der Waals surface area contributed by atoms with E-state index >= 15 is 0 Å². The van der Waals surface area contributed by atoms with E-state index < -0.39 is 11.9 Å². The van der Waals surface area contributed by atoms with Crippen LogP contribution < -0.4 is 0 Å². The lowest BCUT2D eigenvalue weighted by Crippen LogP contribution is -2.15. The van der Waals surface area contributed by atoms with Crippen LogP contribution in [0.1, 0.15) is 54.1 Å². The second-order valence-electron chi connectivity index (χ2n) is 6.13. The molecule has 1 heterocycles. The van der Waals surface area contributed by atoms with E-state index in [1.54, 1.807) is 13.8 Å². The summed E-state index contributed by atoms with van der Waals surface area (Å²) in [5, 5.41) is 0. The summed E-state index contributed by atoms with van der Waals surface area (Å²) in [5.41, 5.74) is 2.66. The van der Waals surface area contributed by atoms with E-state index in [0.717, 1.165) is 5.56 Å². The zero-order valence-corrected chi connectivity index (χ0v) is 15.2. The van der Waals surface area contributed by atoms with Crippen LogP contribution in [0.2, 0.25) is 0 Å². The summed E-state index contributed by atoms with van der Waals surface area (Å²) in [6.07, 6.45) is 0.632. The normalized spacial score (nSPS) is 10.8. The Bertz CT molecular complexity index is 732. The van der Waals surface area contributed by atoms with E-state index in [4.69, 9.17) is 9.47 Å². The van der Waals surface area contributed by atoms with Gasteiger partial charge in [0.05, 0.1) is 30.0 Å². The van der Waals surface area contributed by atoms with Gasteiger partial charge in [0, 0.05) is 5.69 Å². The first-order valence-corrected chi connectivity index (χ1v) is 8.64. The SMILES string of the molecule is CCOC(=O)c1c(CC(C)C)[nH]c(-c2ccccc2)c1C(=O)OCC. The van der Waals surface area contributed by atoms with Gasteiger partial charge in [0.15, 0.2) is 0 Å². The van der Waals surface area contributed by atoms with Crippen molar-refractivity contribution in [3.63, 3.8) is 0 Å². The van der Waals surface area contributed by atoms with Crippen LogP contribution in [0, 0.1) is 5.92 Å². The van der Waals surface area contributed by atoms with Crippen molar-refractivity contribution >= 4 is 11.9 Å². The Morgan fingerprint density at radius 2 is 1.52 bits per heavy atom. The second kappa shape index (κ2) is 8.51. The molecule has 0 aliphatic rings. The highest BCUT2D eigenvalue weighted by atomic mass is 16.5. The zero-order chi connectivity index (χ0) is 18.4. The fourth-order valence-corrected chi connectivity index (χ4v) is 2.77. The predicted molar refractivity (Wildman–Crippen MR) is 96.7 cm³/mol. The summed E-state index contributed by atoms with van der Waals surface area (Å²) in [7, 11) is 0. The Morgan fingerprint density at radius 1 is 0.960 bits per heavy atom. The fourth-order valence-electron chi connectivity index (χ4n) is 2.77. The van der Waals surface area contributed by atoms with Crippen molar-refractivity contribution in [3.8, 4) is 11.3 Å². The summed E-state index contributed by atoms with van der Waals surface area (Å²) in [6.45, 7) is 8.08. The molecule has 134 valence electrons. The lowest BCUT2D eigenvalue weighted by Gasteiger charge is -2.09. The molecule has 0 aliphatic carbocycles. The lowest BCUT2D eigenvalue weighted by molar-refractivity contribution is 0.0480. The third-order valence-corrected chi connectivity index (χ3v) is 3.71. The van der Waals surface area contributed by atoms with Crippen molar-refractivity contribution in [3.05, 3.63) is 47.2 Å². The van der Waals surface area contributed by atoms with Crippen molar-refractivity contribution < 1.29 is 19.1 Å². The van der Waals surface area contributed by atoms with Gasteiger partial charge in [0.2, 0.25) is 0 Å². The molecule has 0 spiro atoms. The molecule has 0 radical (unpaired) electrons. The maximum Gasteiger partial charge on any atom is 0.341 e. The maximum atomic E-state index is 12.6. The zero-order valence-electron chi connectivity index (χ0n) is 15.2. The molecular formula is C20H25NO4. The molecule has 0 saturated heterocycles. The van der Waals surface area contributed by atoms with E-state index in [0.29, 0.717) is 23.7 Å². The third kappa shape index (κ3) is 4.29. The van der Waals surface area contributed by atoms with E-state index in [1.807, 2.05) is 30.3 Å². The van der Waals surface area contributed by atoms with Crippen LogP contribution in [-0.4, -0.2) is 30.1 Å².